The van der Waals surface area contributed by atoms with Gasteiger partial charge in [-0.2, -0.15) is 5.10 Å². The highest BCUT2D eigenvalue weighted by molar-refractivity contribution is 7.10. The lowest BCUT2D eigenvalue weighted by atomic mass is 9.87. The molecule has 2 N–H and O–H groups in total. The molecular weight excluding hydrogens is 396 g/mol. The van der Waals surface area contributed by atoms with Gasteiger partial charge in [-0.3, -0.25) is 9.59 Å². The normalized spacial score (nSPS) is 12.4. The van der Waals surface area contributed by atoms with Gasteiger partial charge in [0.1, 0.15) is 5.82 Å². The third kappa shape index (κ3) is 5.79. The Morgan fingerprint density at radius 1 is 1.13 bits per heavy atom. The lowest BCUT2D eigenvalue weighted by Gasteiger charge is -2.19. The smallest absolute Gasteiger partial charge is 0.227 e. The van der Waals surface area contributed by atoms with E-state index in [9.17, 15) is 9.59 Å². The van der Waals surface area contributed by atoms with Crippen LogP contribution >= 0.6 is 11.3 Å². The third-order valence-electron chi connectivity index (χ3n) is 4.79. The number of nitrogens with zero attached hydrogens (tertiary/aromatic N) is 2. The van der Waals surface area contributed by atoms with E-state index in [1.54, 1.807) is 16.9 Å². The van der Waals surface area contributed by atoms with Crippen LogP contribution in [0.15, 0.2) is 54.0 Å². The molecule has 0 spiro atoms. The van der Waals surface area contributed by atoms with Crippen molar-refractivity contribution in [2.75, 3.05) is 5.32 Å². The van der Waals surface area contributed by atoms with Gasteiger partial charge in [-0.05, 0) is 28.0 Å². The predicted molar refractivity (Wildman–Crippen MR) is 121 cm³/mol. The van der Waals surface area contributed by atoms with E-state index < -0.39 is 0 Å². The number of amides is 2. The number of hydrogen-bond donors (Lipinski definition) is 2. The van der Waals surface area contributed by atoms with Crippen molar-refractivity contribution in [3.63, 3.8) is 0 Å². The Balaban J connectivity index is 1.66. The molecule has 0 radical (unpaired) electrons. The Morgan fingerprint density at radius 2 is 1.87 bits per heavy atom. The first-order valence-corrected chi connectivity index (χ1v) is 10.8. The molecule has 3 rings (SSSR count). The van der Waals surface area contributed by atoms with Crippen LogP contribution in [0.5, 0.6) is 0 Å². The Bertz CT molecular complexity index is 985. The van der Waals surface area contributed by atoms with Crippen LogP contribution in [0, 0.1) is 0 Å². The van der Waals surface area contributed by atoms with Gasteiger partial charge < -0.3 is 10.6 Å². The molecule has 30 heavy (non-hydrogen) atoms. The van der Waals surface area contributed by atoms with Gasteiger partial charge in [-0.1, -0.05) is 51.1 Å². The molecule has 0 saturated carbocycles. The van der Waals surface area contributed by atoms with Crippen LogP contribution < -0.4 is 10.6 Å². The van der Waals surface area contributed by atoms with E-state index >= 15 is 0 Å². The second-order valence-electron chi connectivity index (χ2n) is 8.34. The molecule has 0 bridgehead atoms. The Labute approximate surface area is 181 Å². The average molecular weight is 425 g/mol. The molecule has 6 nitrogen and oxygen atoms in total. The summed E-state index contributed by atoms with van der Waals surface area (Å²) in [5.41, 5.74) is 2.49. The highest BCUT2D eigenvalue weighted by Gasteiger charge is 2.19. The first-order chi connectivity index (χ1) is 14.2. The zero-order valence-electron chi connectivity index (χ0n) is 17.8. The van der Waals surface area contributed by atoms with Crippen LogP contribution in [0.2, 0.25) is 0 Å². The number of aromatic nitrogens is 2. The summed E-state index contributed by atoms with van der Waals surface area (Å²) in [6.07, 6.45) is 1.83. The molecule has 2 aromatic heterocycles. The maximum absolute atomic E-state index is 12.7. The average Bonchev–Trinajstić information content (AvgIpc) is 3.33. The van der Waals surface area contributed by atoms with E-state index in [0.29, 0.717) is 12.4 Å². The second kappa shape index (κ2) is 9.26. The minimum absolute atomic E-state index is 0.108. The van der Waals surface area contributed by atoms with Crippen molar-refractivity contribution in [3.8, 4) is 0 Å². The number of rotatable bonds is 7. The number of carbonyl (C=O) groups excluding carboxylic acids is 2. The fourth-order valence-electron chi connectivity index (χ4n) is 3.18. The van der Waals surface area contributed by atoms with Crippen molar-refractivity contribution in [1.82, 2.24) is 15.1 Å². The second-order valence-corrected chi connectivity index (χ2v) is 9.32. The number of carbonyl (C=O) groups is 2. The van der Waals surface area contributed by atoms with Gasteiger partial charge in [0.15, 0.2) is 0 Å². The third-order valence-corrected chi connectivity index (χ3v) is 5.78. The molecule has 0 aliphatic rings. The minimum atomic E-state index is -0.344. The quantitative estimate of drug-likeness (QED) is 0.586. The van der Waals surface area contributed by atoms with Gasteiger partial charge in [0.25, 0.3) is 0 Å². The zero-order valence-corrected chi connectivity index (χ0v) is 18.6. The van der Waals surface area contributed by atoms with Crippen molar-refractivity contribution in [1.29, 1.82) is 0 Å². The fraction of sp³-hybridized carbons (Fsp3) is 0.348. The summed E-state index contributed by atoms with van der Waals surface area (Å²) in [7, 11) is 0. The molecule has 1 aromatic carbocycles. The molecule has 158 valence electrons. The molecule has 0 aliphatic heterocycles. The number of thiophene rings is 1. The number of nitrogens with one attached hydrogen (secondary N) is 2. The van der Waals surface area contributed by atoms with Gasteiger partial charge in [0.05, 0.1) is 25.2 Å². The first-order valence-electron chi connectivity index (χ1n) is 9.94. The monoisotopic (exact) mass is 424 g/mol. The zero-order chi connectivity index (χ0) is 21.7. The lowest BCUT2D eigenvalue weighted by molar-refractivity contribution is -0.120. The summed E-state index contributed by atoms with van der Waals surface area (Å²) < 4.78 is 1.77. The molecule has 2 amide bonds. The SMILES string of the molecule is CC(=O)NC(CC(=O)Nc1ccnn1Cc1ccc(C(C)(C)C)cc1)c1cccs1. The largest absolute Gasteiger partial charge is 0.348 e. The summed E-state index contributed by atoms with van der Waals surface area (Å²) in [5.74, 6) is 0.296. The minimum Gasteiger partial charge on any atom is -0.348 e. The topological polar surface area (TPSA) is 76.0 Å². The van der Waals surface area contributed by atoms with Crippen LogP contribution in [-0.2, 0) is 21.5 Å². The van der Waals surface area contributed by atoms with Crippen molar-refractivity contribution < 1.29 is 9.59 Å². The van der Waals surface area contributed by atoms with Crippen molar-refractivity contribution in [2.24, 2.45) is 0 Å². The molecule has 0 aliphatic carbocycles. The van der Waals surface area contributed by atoms with Crippen LogP contribution in [0.3, 0.4) is 0 Å². The number of benzene rings is 1. The molecule has 1 atom stereocenters. The van der Waals surface area contributed by atoms with E-state index in [-0.39, 0.29) is 29.7 Å². The first kappa shape index (κ1) is 21.8. The summed E-state index contributed by atoms with van der Waals surface area (Å²) in [6, 6.07) is 13.7. The highest BCUT2D eigenvalue weighted by Crippen LogP contribution is 2.24. The standard InChI is InChI=1S/C23H28N4O2S/c1-16(28)25-19(20-6-5-13-30-20)14-22(29)26-21-11-12-24-27(21)15-17-7-9-18(10-8-17)23(2,3)4/h5-13,19H,14-15H2,1-4H3,(H,25,28)(H,26,29). The molecule has 3 aromatic rings. The summed E-state index contributed by atoms with van der Waals surface area (Å²) in [6.45, 7) is 8.58. The molecular formula is C23H28N4O2S. The molecule has 7 heteroatoms. The van der Waals surface area contributed by atoms with Crippen LogP contribution in [0.1, 0.15) is 56.2 Å². The maximum atomic E-state index is 12.7. The highest BCUT2D eigenvalue weighted by atomic mass is 32.1. The van der Waals surface area contributed by atoms with Gasteiger partial charge >= 0.3 is 0 Å². The molecule has 0 fully saturated rings. The van der Waals surface area contributed by atoms with E-state index in [4.69, 9.17) is 0 Å². The summed E-state index contributed by atoms with van der Waals surface area (Å²) >= 11 is 1.52. The maximum Gasteiger partial charge on any atom is 0.227 e. The summed E-state index contributed by atoms with van der Waals surface area (Å²) in [4.78, 5) is 25.1. The number of hydrogen-bond acceptors (Lipinski definition) is 4. The van der Waals surface area contributed by atoms with Gasteiger partial charge in [0.2, 0.25) is 11.8 Å². The molecule has 2 heterocycles. The summed E-state index contributed by atoms with van der Waals surface area (Å²) in [5, 5.41) is 12.1. The van der Waals surface area contributed by atoms with Crippen molar-refractivity contribution in [3.05, 3.63) is 70.0 Å². The van der Waals surface area contributed by atoms with Crippen LogP contribution in [0.4, 0.5) is 5.82 Å². The van der Waals surface area contributed by atoms with Crippen LogP contribution in [-0.4, -0.2) is 21.6 Å². The lowest BCUT2D eigenvalue weighted by Crippen LogP contribution is -2.29. The van der Waals surface area contributed by atoms with E-state index in [2.05, 4.69) is 60.8 Å². The van der Waals surface area contributed by atoms with E-state index in [1.807, 2.05) is 17.5 Å². The van der Waals surface area contributed by atoms with Gasteiger partial charge in [-0.25, -0.2) is 4.68 Å². The van der Waals surface area contributed by atoms with Crippen molar-refractivity contribution in [2.45, 2.75) is 52.1 Å². The predicted octanol–water partition coefficient (Wildman–Crippen LogP) is 4.50. The van der Waals surface area contributed by atoms with Gasteiger partial charge in [0, 0.05) is 17.9 Å². The molecule has 0 saturated heterocycles. The van der Waals surface area contributed by atoms with Gasteiger partial charge in [-0.15, -0.1) is 11.3 Å². The Kier molecular flexibility index (Phi) is 6.72. The van der Waals surface area contributed by atoms with E-state index in [1.165, 1.54) is 23.8 Å². The van der Waals surface area contributed by atoms with Crippen molar-refractivity contribution >= 4 is 29.0 Å². The van der Waals surface area contributed by atoms with Crippen LogP contribution in [0.25, 0.3) is 0 Å². The number of anilines is 1. The van der Waals surface area contributed by atoms with E-state index in [0.717, 1.165) is 10.4 Å². The molecule has 1 unspecified atom stereocenters. The fourth-order valence-corrected chi connectivity index (χ4v) is 3.96. The Hall–Kier alpha value is -2.93. The Morgan fingerprint density at radius 3 is 2.47 bits per heavy atom.